The van der Waals surface area contributed by atoms with Crippen LogP contribution in [0.2, 0.25) is 4.34 Å². The number of thiophene rings is 1. The van der Waals surface area contributed by atoms with Crippen molar-refractivity contribution in [3.8, 4) is 11.3 Å². The average molecular weight is 618 g/mol. The highest BCUT2D eigenvalue weighted by molar-refractivity contribution is 7.85. The van der Waals surface area contributed by atoms with E-state index in [0.717, 1.165) is 17.7 Å². The van der Waals surface area contributed by atoms with Gasteiger partial charge in [-0.2, -0.15) is 17.5 Å². The minimum absolute atomic E-state index is 0.120. The van der Waals surface area contributed by atoms with Crippen LogP contribution in [-0.2, 0) is 35.0 Å². The Balaban J connectivity index is 1.34. The summed E-state index contributed by atoms with van der Waals surface area (Å²) in [6.07, 6.45) is 2.38. The lowest BCUT2D eigenvalue weighted by molar-refractivity contribution is -0.137. The monoisotopic (exact) mass is 617 g/mol. The van der Waals surface area contributed by atoms with Crippen molar-refractivity contribution < 1.29 is 22.2 Å². The lowest BCUT2D eigenvalue weighted by atomic mass is 10.1. The average Bonchev–Trinajstić information content (AvgIpc) is 3.64. The zero-order valence-corrected chi connectivity index (χ0v) is 23.7. The van der Waals surface area contributed by atoms with E-state index in [9.17, 15) is 22.2 Å². The van der Waals surface area contributed by atoms with Crippen molar-refractivity contribution in [3.63, 3.8) is 0 Å². The molecule has 0 radical (unpaired) electrons. The van der Waals surface area contributed by atoms with Crippen LogP contribution in [0.5, 0.6) is 0 Å². The first-order chi connectivity index (χ1) is 19.7. The summed E-state index contributed by atoms with van der Waals surface area (Å²) in [5.74, 6) is 0.149. The Morgan fingerprint density at radius 1 is 1.05 bits per heavy atom. The van der Waals surface area contributed by atoms with Gasteiger partial charge in [-0.3, -0.25) is 9.78 Å². The van der Waals surface area contributed by atoms with Crippen molar-refractivity contribution in [2.75, 3.05) is 11.9 Å². The molecule has 1 aliphatic rings. The zero-order valence-electron chi connectivity index (χ0n) is 21.3. The number of amides is 1. The number of benzene rings is 1. The van der Waals surface area contributed by atoms with Crippen molar-refractivity contribution in [1.29, 1.82) is 0 Å². The summed E-state index contributed by atoms with van der Waals surface area (Å²) in [5, 5.41) is 6.12. The summed E-state index contributed by atoms with van der Waals surface area (Å²) in [6, 6.07) is 14.5. The van der Waals surface area contributed by atoms with Crippen LogP contribution in [0.15, 0.2) is 89.4 Å². The minimum atomic E-state index is -4.45. The topological polar surface area (TPSA) is 87.2 Å². The Hall–Kier alpha value is -3.58. The SMILES string of the molecule is O=C(NCc1cc(NCc2ccncc2)nc(-c2ccc(C(F)(F)F)cc2)c1)[C@@H]1C=CCN1S(=O)c1ccc(Cl)s1. The van der Waals surface area contributed by atoms with Crippen LogP contribution >= 0.6 is 22.9 Å². The van der Waals surface area contributed by atoms with Gasteiger partial charge in [-0.05, 0) is 59.7 Å². The molecule has 1 unspecified atom stereocenters. The molecule has 212 valence electrons. The van der Waals surface area contributed by atoms with Crippen LogP contribution in [0.4, 0.5) is 19.0 Å². The number of aromatic nitrogens is 2. The van der Waals surface area contributed by atoms with Gasteiger partial charge >= 0.3 is 6.18 Å². The molecule has 13 heteroatoms. The highest BCUT2D eigenvalue weighted by Gasteiger charge is 2.32. The summed E-state index contributed by atoms with van der Waals surface area (Å²) < 4.78 is 54.9. The number of nitrogens with one attached hydrogen (secondary N) is 2. The second kappa shape index (κ2) is 12.5. The Morgan fingerprint density at radius 3 is 2.49 bits per heavy atom. The molecule has 0 saturated heterocycles. The second-order valence-electron chi connectivity index (χ2n) is 9.03. The number of carbonyl (C=O) groups excluding carboxylic acids is 1. The normalized spacial score (nSPS) is 16.0. The molecule has 5 rings (SSSR count). The van der Waals surface area contributed by atoms with Gasteiger partial charge < -0.3 is 10.6 Å². The summed E-state index contributed by atoms with van der Waals surface area (Å²) in [4.78, 5) is 21.7. The first-order valence-corrected chi connectivity index (χ1v) is 14.7. The first-order valence-electron chi connectivity index (χ1n) is 12.4. The summed E-state index contributed by atoms with van der Waals surface area (Å²) in [6.45, 7) is 0.906. The molecular weight excluding hydrogens is 595 g/mol. The molecular formula is C28H23ClF3N5O2S2. The van der Waals surface area contributed by atoms with Crippen molar-refractivity contribution in [3.05, 3.63) is 106 Å². The van der Waals surface area contributed by atoms with Crippen molar-refractivity contribution in [2.45, 2.75) is 29.5 Å². The zero-order chi connectivity index (χ0) is 29.0. The van der Waals surface area contributed by atoms with Gasteiger partial charge in [0, 0.05) is 37.6 Å². The van der Waals surface area contributed by atoms with Gasteiger partial charge in [0.2, 0.25) is 5.91 Å². The second-order valence-corrected chi connectivity index (χ2v) is 12.4. The maximum absolute atomic E-state index is 13.1. The molecule has 1 aromatic carbocycles. The highest BCUT2D eigenvalue weighted by Crippen LogP contribution is 2.31. The highest BCUT2D eigenvalue weighted by atomic mass is 35.5. The fourth-order valence-corrected chi connectivity index (χ4v) is 6.91. The number of carbonyl (C=O) groups is 1. The summed E-state index contributed by atoms with van der Waals surface area (Å²) in [7, 11) is -1.56. The third-order valence-electron chi connectivity index (χ3n) is 6.20. The molecule has 4 aromatic rings. The van der Waals surface area contributed by atoms with E-state index in [0.29, 0.717) is 44.3 Å². The van der Waals surface area contributed by atoms with Crippen LogP contribution in [0, 0.1) is 0 Å². The van der Waals surface area contributed by atoms with Crippen LogP contribution in [0.1, 0.15) is 16.7 Å². The van der Waals surface area contributed by atoms with Gasteiger partial charge in [-0.15, -0.1) is 11.3 Å². The van der Waals surface area contributed by atoms with Crippen LogP contribution < -0.4 is 10.6 Å². The number of hydrogen-bond acceptors (Lipinski definition) is 6. The Bertz CT molecular complexity index is 1580. The molecule has 0 aliphatic carbocycles. The molecule has 4 heterocycles. The van der Waals surface area contributed by atoms with Crippen LogP contribution in [0.25, 0.3) is 11.3 Å². The molecule has 2 N–H and O–H groups in total. The predicted molar refractivity (Wildman–Crippen MR) is 153 cm³/mol. The first kappa shape index (κ1) is 28.9. The fourth-order valence-electron chi connectivity index (χ4n) is 4.14. The molecule has 1 amide bonds. The third-order valence-corrected chi connectivity index (χ3v) is 9.19. The molecule has 41 heavy (non-hydrogen) atoms. The Labute approximate surface area is 245 Å². The van der Waals surface area contributed by atoms with Gasteiger partial charge in [0.05, 0.1) is 15.6 Å². The maximum Gasteiger partial charge on any atom is 0.416 e. The molecule has 3 aromatic heterocycles. The number of hydrogen-bond donors (Lipinski definition) is 2. The quantitative estimate of drug-likeness (QED) is 0.223. The standard InChI is InChI=1S/C28H23ClF3N5O2S2/c29-24-7-8-26(40-24)41(39)37-13-1-2-23(37)27(38)35-17-19-14-22(20-3-5-21(6-4-20)28(30,31)32)36-25(15-19)34-16-18-9-11-33-12-10-18/h1-12,14-15,23H,13,16-17H2,(H,34,36)(H,35,38)/t23-,41?/m0/s1. The number of anilines is 1. The van der Waals surface area contributed by atoms with Gasteiger partial charge in [0.1, 0.15) is 27.1 Å². The van der Waals surface area contributed by atoms with E-state index < -0.39 is 28.8 Å². The van der Waals surface area contributed by atoms with Crippen molar-refractivity contribution in [2.24, 2.45) is 0 Å². The number of pyridine rings is 2. The smallest absolute Gasteiger partial charge is 0.366 e. The van der Waals surface area contributed by atoms with Crippen molar-refractivity contribution in [1.82, 2.24) is 19.6 Å². The third kappa shape index (κ3) is 7.20. The van der Waals surface area contributed by atoms with E-state index >= 15 is 0 Å². The largest absolute Gasteiger partial charge is 0.416 e. The predicted octanol–water partition coefficient (Wildman–Crippen LogP) is 6.07. The Kier molecular flexibility index (Phi) is 8.83. The number of alkyl halides is 3. The van der Waals surface area contributed by atoms with Crippen LogP contribution in [0.3, 0.4) is 0 Å². The maximum atomic E-state index is 13.1. The van der Waals surface area contributed by atoms with E-state index in [1.807, 2.05) is 12.1 Å². The lowest BCUT2D eigenvalue weighted by Crippen LogP contribution is -2.43. The van der Waals surface area contributed by atoms with E-state index in [1.165, 1.54) is 23.5 Å². The van der Waals surface area contributed by atoms with E-state index in [-0.39, 0.29) is 12.5 Å². The van der Waals surface area contributed by atoms with Gasteiger partial charge in [-0.25, -0.2) is 9.19 Å². The molecule has 0 saturated carbocycles. The molecule has 2 atom stereocenters. The number of nitrogens with zero attached hydrogens (tertiary/aromatic N) is 3. The van der Waals surface area contributed by atoms with Crippen molar-refractivity contribution >= 4 is 45.6 Å². The molecule has 0 spiro atoms. The van der Waals surface area contributed by atoms with Gasteiger partial charge in [0.15, 0.2) is 0 Å². The van der Waals surface area contributed by atoms with Gasteiger partial charge in [0.25, 0.3) is 0 Å². The minimum Gasteiger partial charge on any atom is -0.366 e. The number of rotatable bonds is 9. The van der Waals surface area contributed by atoms with E-state index in [2.05, 4.69) is 20.6 Å². The fraction of sp³-hybridized carbons (Fsp3) is 0.179. The lowest BCUT2D eigenvalue weighted by Gasteiger charge is -2.21. The summed E-state index contributed by atoms with van der Waals surface area (Å²) >= 11 is 7.19. The Morgan fingerprint density at radius 2 is 1.80 bits per heavy atom. The van der Waals surface area contributed by atoms with Gasteiger partial charge in [-0.1, -0.05) is 35.9 Å². The molecule has 0 fully saturated rings. The summed E-state index contributed by atoms with van der Waals surface area (Å²) in [5.41, 5.74) is 1.83. The molecule has 1 aliphatic heterocycles. The van der Waals surface area contributed by atoms with E-state index in [1.54, 1.807) is 53.1 Å². The number of halogens is 4. The molecule has 0 bridgehead atoms. The molecule has 7 nitrogen and oxygen atoms in total. The van der Waals surface area contributed by atoms with Crippen LogP contribution in [-0.4, -0.2) is 37.0 Å². The van der Waals surface area contributed by atoms with E-state index in [4.69, 9.17) is 11.6 Å².